The first-order chi connectivity index (χ1) is 14.9. The Morgan fingerprint density at radius 3 is 2.32 bits per heavy atom. The molecular formula is C28H44O3. The number of esters is 1. The van der Waals surface area contributed by atoms with Crippen LogP contribution in [-0.4, -0.2) is 17.9 Å². The van der Waals surface area contributed by atoms with Gasteiger partial charge >= 0.3 is 5.97 Å². The first-order valence-electron chi connectivity index (χ1n) is 12.3. The highest BCUT2D eigenvalue weighted by Crippen LogP contribution is 2.64. The molecule has 174 valence electrons. The van der Waals surface area contributed by atoms with Gasteiger partial charge in [0.15, 0.2) is 5.78 Å². The maximum Gasteiger partial charge on any atom is 0.305 e. The average Bonchev–Trinajstić information content (AvgIpc) is 3.14. The third-order valence-electron chi connectivity index (χ3n) is 7.99. The van der Waals surface area contributed by atoms with Crippen LogP contribution in [0.5, 0.6) is 0 Å². The molecule has 0 bridgehead atoms. The van der Waals surface area contributed by atoms with Crippen LogP contribution in [0.15, 0.2) is 23.8 Å². The molecule has 0 amide bonds. The zero-order chi connectivity index (χ0) is 23.8. The van der Waals surface area contributed by atoms with Crippen LogP contribution in [-0.2, 0) is 14.3 Å². The fourth-order valence-corrected chi connectivity index (χ4v) is 6.38. The van der Waals surface area contributed by atoms with Crippen molar-refractivity contribution in [3.05, 3.63) is 23.8 Å². The summed E-state index contributed by atoms with van der Waals surface area (Å²) in [7, 11) is 0. The van der Waals surface area contributed by atoms with Crippen LogP contribution in [0.25, 0.3) is 0 Å². The van der Waals surface area contributed by atoms with Crippen molar-refractivity contribution in [1.82, 2.24) is 0 Å². The Hall–Kier alpha value is -1.82. The van der Waals surface area contributed by atoms with E-state index in [1.807, 2.05) is 40.7 Å². The summed E-state index contributed by atoms with van der Waals surface area (Å²) in [5, 5.41) is 0. The van der Waals surface area contributed by atoms with Crippen molar-refractivity contribution < 1.29 is 14.3 Å². The van der Waals surface area contributed by atoms with Gasteiger partial charge in [0.1, 0.15) is 6.10 Å². The Morgan fingerprint density at radius 1 is 1.06 bits per heavy atom. The van der Waals surface area contributed by atoms with E-state index in [0.29, 0.717) is 30.6 Å². The highest BCUT2D eigenvalue weighted by Gasteiger charge is 2.59. The number of carbonyl (C=O) groups excluding carboxylic acids is 2. The second-order valence-corrected chi connectivity index (χ2v) is 9.09. The smallest absolute Gasteiger partial charge is 0.305 e. The van der Waals surface area contributed by atoms with E-state index in [9.17, 15) is 9.59 Å². The SMILES string of the molecule is C#C.CC.CC.CCC(=O)OC1CCC2C3C=CC4=CC(=O)CCC4(C)C3CCC12C. The molecule has 3 nitrogen and oxygen atoms in total. The normalized spacial score (nSPS) is 36.9. The highest BCUT2D eigenvalue weighted by atomic mass is 16.5. The molecule has 0 spiro atoms. The minimum Gasteiger partial charge on any atom is -0.462 e. The molecule has 4 rings (SSSR count). The van der Waals surface area contributed by atoms with Crippen molar-refractivity contribution in [1.29, 1.82) is 0 Å². The van der Waals surface area contributed by atoms with Crippen LogP contribution in [0, 0.1) is 41.4 Å². The quantitative estimate of drug-likeness (QED) is 0.354. The first-order valence-corrected chi connectivity index (χ1v) is 12.3. The zero-order valence-corrected chi connectivity index (χ0v) is 20.9. The summed E-state index contributed by atoms with van der Waals surface area (Å²) in [6, 6.07) is 0. The molecule has 2 fully saturated rings. The zero-order valence-electron chi connectivity index (χ0n) is 20.9. The van der Waals surface area contributed by atoms with E-state index in [1.54, 1.807) is 0 Å². The van der Waals surface area contributed by atoms with Gasteiger partial charge in [-0.3, -0.25) is 9.59 Å². The summed E-state index contributed by atoms with van der Waals surface area (Å²) in [4.78, 5) is 23.7. The molecule has 4 aliphatic rings. The van der Waals surface area contributed by atoms with Crippen LogP contribution in [0.1, 0.15) is 93.4 Å². The molecule has 0 aromatic rings. The van der Waals surface area contributed by atoms with Crippen LogP contribution in [0.4, 0.5) is 0 Å². The van der Waals surface area contributed by atoms with Gasteiger partial charge in [0.2, 0.25) is 0 Å². The van der Waals surface area contributed by atoms with E-state index in [0.717, 1.165) is 25.7 Å². The largest absolute Gasteiger partial charge is 0.462 e. The lowest BCUT2D eigenvalue weighted by atomic mass is 9.49. The molecule has 3 heteroatoms. The number of fused-ring (bicyclic) bond motifs is 5. The molecular weight excluding hydrogens is 384 g/mol. The lowest BCUT2D eigenvalue weighted by molar-refractivity contribution is -0.158. The minimum absolute atomic E-state index is 0.0591. The lowest BCUT2D eigenvalue weighted by Crippen LogP contribution is -2.50. The Balaban J connectivity index is 0.000000739. The van der Waals surface area contributed by atoms with Gasteiger partial charge in [0, 0.05) is 18.3 Å². The Labute approximate surface area is 191 Å². The molecule has 0 aromatic heterocycles. The van der Waals surface area contributed by atoms with E-state index in [4.69, 9.17) is 4.74 Å². The molecule has 0 radical (unpaired) electrons. The Kier molecular flexibility index (Phi) is 10.3. The molecule has 0 aliphatic heterocycles. The average molecular weight is 429 g/mol. The van der Waals surface area contributed by atoms with E-state index in [-0.39, 0.29) is 28.7 Å². The predicted octanol–water partition coefficient (Wildman–Crippen LogP) is 6.92. The van der Waals surface area contributed by atoms with Gasteiger partial charge in [-0.05, 0) is 66.9 Å². The molecule has 31 heavy (non-hydrogen) atoms. The lowest BCUT2D eigenvalue weighted by Gasteiger charge is -2.55. The first kappa shape index (κ1) is 27.2. The van der Waals surface area contributed by atoms with Crippen molar-refractivity contribution in [3.8, 4) is 12.8 Å². The van der Waals surface area contributed by atoms with E-state index in [1.165, 1.54) is 12.0 Å². The van der Waals surface area contributed by atoms with Gasteiger partial charge in [0.25, 0.3) is 0 Å². The summed E-state index contributed by atoms with van der Waals surface area (Å²) >= 11 is 0. The van der Waals surface area contributed by atoms with Crippen molar-refractivity contribution in [2.75, 3.05) is 0 Å². The standard InChI is InChI=1S/C22H30O3.2C2H6.C2H2/c1-4-20(24)25-19-8-7-17-16-6-5-14-13-15(23)9-11-21(14,2)18(16)10-12-22(17,19)3;3*1-2/h5-6,13,16-19H,4,7-12H2,1-3H3;2*1-2H3;1-2H. The third-order valence-corrected chi connectivity index (χ3v) is 7.99. The van der Waals surface area contributed by atoms with Gasteiger partial charge in [-0.2, -0.15) is 0 Å². The van der Waals surface area contributed by atoms with Crippen LogP contribution in [0.3, 0.4) is 0 Å². The number of rotatable bonds is 2. The molecule has 4 aliphatic carbocycles. The van der Waals surface area contributed by atoms with E-state index < -0.39 is 0 Å². The number of ketones is 1. The summed E-state index contributed by atoms with van der Waals surface area (Å²) < 4.78 is 5.84. The van der Waals surface area contributed by atoms with Crippen molar-refractivity contribution in [2.45, 2.75) is 99.5 Å². The number of hydrogen-bond acceptors (Lipinski definition) is 3. The second-order valence-electron chi connectivity index (χ2n) is 9.09. The summed E-state index contributed by atoms with van der Waals surface area (Å²) in [6.45, 7) is 14.6. The van der Waals surface area contributed by atoms with Crippen molar-refractivity contribution in [2.24, 2.45) is 28.6 Å². The predicted molar refractivity (Wildman–Crippen MR) is 129 cm³/mol. The number of terminal acetylenes is 1. The molecule has 0 N–H and O–H groups in total. The fraction of sp³-hybridized carbons (Fsp3) is 0.714. The van der Waals surface area contributed by atoms with E-state index in [2.05, 4.69) is 38.8 Å². The monoisotopic (exact) mass is 428 g/mol. The molecule has 0 heterocycles. The Bertz CT molecular complexity index is 700. The molecule has 0 saturated heterocycles. The molecule has 0 aromatic carbocycles. The van der Waals surface area contributed by atoms with Crippen LogP contribution >= 0.6 is 0 Å². The Morgan fingerprint density at radius 2 is 1.71 bits per heavy atom. The highest BCUT2D eigenvalue weighted by molar-refractivity contribution is 5.92. The summed E-state index contributed by atoms with van der Waals surface area (Å²) in [5.41, 5.74) is 1.51. The van der Waals surface area contributed by atoms with Gasteiger partial charge in [-0.1, -0.05) is 60.6 Å². The number of carbonyl (C=O) groups is 2. The number of allylic oxidation sites excluding steroid dienone is 4. The maximum atomic E-state index is 11.9. The van der Waals surface area contributed by atoms with E-state index >= 15 is 0 Å². The molecule has 6 unspecified atom stereocenters. The minimum atomic E-state index is -0.0591. The van der Waals surface area contributed by atoms with Gasteiger partial charge in [-0.25, -0.2) is 0 Å². The maximum absolute atomic E-state index is 11.9. The van der Waals surface area contributed by atoms with Crippen LogP contribution in [0.2, 0.25) is 0 Å². The second kappa shape index (κ2) is 11.7. The number of hydrogen-bond donors (Lipinski definition) is 0. The van der Waals surface area contributed by atoms with Gasteiger partial charge in [-0.15, -0.1) is 12.8 Å². The summed E-state index contributed by atoms with van der Waals surface area (Å²) in [6.07, 6.45) is 21.2. The van der Waals surface area contributed by atoms with Crippen LogP contribution < -0.4 is 0 Å². The van der Waals surface area contributed by atoms with Crippen molar-refractivity contribution >= 4 is 11.8 Å². The topological polar surface area (TPSA) is 43.4 Å². The molecule has 6 atom stereocenters. The molecule has 2 saturated carbocycles. The van der Waals surface area contributed by atoms with Gasteiger partial charge in [0.05, 0.1) is 0 Å². The van der Waals surface area contributed by atoms with Gasteiger partial charge < -0.3 is 4.74 Å². The fourth-order valence-electron chi connectivity index (χ4n) is 6.38. The van der Waals surface area contributed by atoms with Crippen molar-refractivity contribution in [3.63, 3.8) is 0 Å². The summed E-state index contributed by atoms with van der Waals surface area (Å²) in [5.74, 6) is 1.99. The third kappa shape index (κ3) is 5.00. The number of ether oxygens (including phenoxy) is 1.